The summed E-state index contributed by atoms with van der Waals surface area (Å²) in [6.45, 7) is 9.89. The van der Waals surface area contributed by atoms with Gasteiger partial charge in [-0.05, 0) is 44.7 Å². The molecule has 1 aliphatic rings. The van der Waals surface area contributed by atoms with Gasteiger partial charge in [0.2, 0.25) is 5.91 Å². The lowest BCUT2D eigenvalue weighted by molar-refractivity contribution is -0.121. The summed E-state index contributed by atoms with van der Waals surface area (Å²) in [4.78, 5) is 26.7. The van der Waals surface area contributed by atoms with Gasteiger partial charge in [0.15, 0.2) is 0 Å². The van der Waals surface area contributed by atoms with Gasteiger partial charge in [0, 0.05) is 12.2 Å². The van der Waals surface area contributed by atoms with Gasteiger partial charge in [-0.1, -0.05) is 32.0 Å². The Morgan fingerprint density at radius 2 is 1.87 bits per heavy atom. The molecule has 1 N–H and O–H groups in total. The fourth-order valence-electron chi connectivity index (χ4n) is 2.68. The molecule has 0 bridgehead atoms. The Kier molecular flexibility index (Phi) is 4.97. The molecule has 1 aromatic carbocycles. The van der Waals surface area contributed by atoms with E-state index in [4.69, 9.17) is 4.74 Å². The number of rotatable bonds is 3. The summed E-state index contributed by atoms with van der Waals surface area (Å²) in [6.07, 6.45) is 0.288. The standard InChI is InChI=1S/C18H26N2O3/c1-12(2)15(19-17(22)23-18(3,4)5)16(21)20-11-10-13-8-6-7-9-14(13)20/h6-9,12,15H,10-11H2,1-5H3,(H,19,22). The third kappa shape index (κ3) is 4.24. The third-order valence-electron chi connectivity index (χ3n) is 3.76. The zero-order chi connectivity index (χ0) is 17.2. The number of alkyl carbamates (subject to hydrolysis) is 1. The van der Waals surface area contributed by atoms with Crippen LogP contribution < -0.4 is 10.2 Å². The van der Waals surface area contributed by atoms with Crippen molar-refractivity contribution in [2.45, 2.75) is 52.7 Å². The first kappa shape index (κ1) is 17.3. The number of nitrogens with one attached hydrogen (secondary N) is 1. The number of carbonyl (C=O) groups is 2. The molecule has 1 aliphatic heterocycles. The molecule has 0 aliphatic carbocycles. The fraction of sp³-hybridized carbons (Fsp3) is 0.556. The van der Waals surface area contributed by atoms with Crippen molar-refractivity contribution >= 4 is 17.7 Å². The molecule has 0 spiro atoms. The Labute approximate surface area is 138 Å². The molecule has 5 heteroatoms. The molecule has 126 valence electrons. The van der Waals surface area contributed by atoms with Crippen molar-refractivity contribution in [2.75, 3.05) is 11.4 Å². The monoisotopic (exact) mass is 318 g/mol. The Hall–Kier alpha value is -2.04. The Bertz CT molecular complexity index is 590. The third-order valence-corrected chi connectivity index (χ3v) is 3.76. The topological polar surface area (TPSA) is 58.6 Å². The number of ether oxygens (including phenoxy) is 1. The van der Waals surface area contributed by atoms with E-state index >= 15 is 0 Å². The fourth-order valence-corrected chi connectivity index (χ4v) is 2.68. The van der Waals surface area contributed by atoms with Gasteiger partial charge in [0.1, 0.15) is 11.6 Å². The summed E-state index contributed by atoms with van der Waals surface area (Å²) < 4.78 is 5.28. The smallest absolute Gasteiger partial charge is 0.408 e. The van der Waals surface area contributed by atoms with Crippen LogP contribution in [0.15, 0.2) is 24.3 Å². The lowest BCUT2D eigenvalue weighted by Crippen LogP contribution is -2.52. The van der Waals surface area contributed by atoms with Crippen LogP contribution in [0.2, 0.25) is 0 Å². The molecule has 0 fully saturated rings. The molecule has 23 heavy (non-hydrogen) atoms. The predicted molar refractivity (Wildman–Crippen MR) is 90.5 cm³/mol. The van der Waals surface area contributed by atoms with Crippen molar-refractivity contribution < 1.29 is 14.3 Å². The zero-order valence-corrected chi connectivity index (χ0v) is 14.6. The number of benzene rings is 1. The van der Waals surface area contributed by atoms with Gasteiger partial charge in [-0.15, -0.1) is 0 Å². The summed E-state index contributed by atoms with van der Waals surface area (Å²) >= 11 is 0. The minimum atomic E-state index is -0.601. The van der Waals surface area contributed by atoms with E-state index in [2.05, 4.69) is 5.32 Å². The average Bonchev–Trinajstić information content (AvgIpc) is 2.85. The minimum absolute atomic E-state index is 0.0252. The van der Waals surface area contributed by atoms with E-state index in [0.29, 0.717) is 6.54 Å². The van der Waals surface area contributed by atoms with Crippen LogP contribution in [-0.4, -0.2) is 30.2 Å². The summed E-state index contributed by atoms with van der Waals surface area (Å²) in [7, 11) is 0. The minimum Gasteiger partial charge on any atom is -0.444 e. The molecule has 0 aromatic heterocycles. The SMILES string of the molecule is CC(C)C(NC(=O)OC(C)(C)C)C(=O)N1CCc2ccccc21. The van der Waals surface area contributed by atoms with Crippen molar-refractivity contribution in [3.8, 4) is 0 Å². The number of para-hydroxylation sites is 1. The predicted octanol–water partition coefficient (Wildman–Crippen LogP) is 3.13. The van der Waals surface area contributed by atoms with Crippen molar-refractivity contribution in [1.82, 2.24) is 5.32 Å². The van der Waals surface area contributed by atoms with Crippen molar-refractivity contribution in [1.29, 1.82) is 0 Å². The summed E-state index contributed by atoms with van der Waals surface area (Å²) in [5.41, 5.74) is 1.52. The molecule has 0 saturated heterocycles. The zero-order valence-electron chi connectivity index (χ0n) is 14.6. The number of hydrogen-bond donors (Lipinski definition) is 1. The van der Waals surface area contributed by atoms with Crippen LogP contribution in [0.3, 0.4) is 0 Å². The summed E-state index contributed by atoms with van der Waals surface area (Å²) in [5.74, 6) is -0.112. The number of amides is 2. The Morgan fingerprint density at radius 3 is 2.48 bits per heavy atom. The molecule has 1 aromatic rings. The molecule has 5 nitrogen and oxygen atoms in total. The molecule has 2 amide bonds. The maximum Gasteiger partial charge on any atom is 0.408 e. The molecule has 1 atom stereocenters. The molecular formula is C18H26N2O3. The van der Waals surface area contributed by atoms with E-state index in [0.717, 1.165) is 12.1 Å². The molecule has 1 unspecified atom stereocenters. The number of fused-ring (bicyclic) bond motifs is 1. The highest BCUT2D eigenvalue weighted by molar-refractivity contribution is 6.00. The number of nitrogens with zero attached hydrogens (tertiary/aromatic N) is 1. The average molecular weight is 318 g/mol. The van der Waals surface area contributed by atoms with E-state index < -0.39 is 17.7 Å². The van der Waals surface area contributed by atoms with E-state index in [1.54, 1.807) is 25.7 Å². The Balaban J connectivity index is 2.13. The first-order chi connectivity index (χ1) is 10.7. The van der Waals surface area contributed by atoms with E-state index in [9.17, 15) is 9.59 Å². The molecular weight excluding hydrogens is 292 g/mol. The van der Waals surface area contributed by atoms with Gasteiger partial charge in [-0.3, -0.25) is 4.79 Å². The lowest BCUT2D eigenvalue weighted by atomic mass is 10.0. The van der Waals surface area contributed by atoms with Crippen molar-refractivity contribution in [2.24, 2.45) is 5.92 Å². The van der Waals surface area contributed by atoms with E-state index in [1.165, 1.54) is 5.56 Å². The van der Waals surface area contributed by atoms with Gasteiger partial charge in [-0.25, -0.2) is 4.79 Å². The second kappa shape index (κ2) is 6.60. The van der Waals surface area contributed by atoms with Gasteiger partial charge >= 0.3 is 6.09 Å². The van der Waals surface area contributed by atoms with Crippen LogP contribution in [0.4, 0.5) is 10.5 Å². The van der Waals surface area contributed by atoms with Gasteiger partial charge < -0.3 is 15.0 Å². The molecule has 1 heterocycles. The van der Waals surface area contributed by atoms with Gasteiger partial charge in [0.05, 0.1) is 0 Å². The first-order valence-electron chi connectivity index (χ1n) is 8.08. The van der Waals surface area contributed by atoms with Crippen molar-refractivity contribution in [3.05, 3.63) is 29.8 Å². The van der Waals surface area contributed by atoms with Crippen LogP contribution in [0.1, 0.15) is 40.2 Å². The summed E-state index contributed by atoms with van der Waals surface area (Å²) in [5, 5.41) is 2.73. The molecule has 0 radical (unpaired) electrons. The molecule has 2 rings (SSSR count). The highest BCUT2D eigenvalue weighted by Crippen LogP contribution is 2.28. The first-order valence-corrected chi connectivity index (χ1v) is 8.08. The number of hydrogen-bond acceptors (Lipinski definition) is 3. The lowest BCUT2D eigenvalue weighted by Gasteiger charge is -2.28. The maximum absolute atomic E-state index is 12.9. The normalized spacial score (nSPS) is 15.3. The van der Waals surface area contributed by atoms with Crippen molar-refractivity contribution in [3.63, 3.8) is 0 Å². The largest absolute Gasteiger partial charge is 0.444 e. The van der Waals surface area contributed by atoms with Crippen LogP contribution in [0.25, 0.3) is 0 Å². The van der Waals surface area contributed by atoms with Crippen LogP contribution >= 0.6 is 0 Å². The second-order valence-electron chi connectivity index (χ2n) is 7.24. The maximum atomic E-state index is 12.9. The summed E-state index contributed by atoms with van der Waals surface area (Å²) in [6, 6.07) is 7.29. The van der Waals surface area contributed by atoms with Gasteiger partial charge in [0.25, 0.3) is 0 Å². The Morgan fingerprint density at radius 1 is 1.22 bits per heavy atom. The van der Waals surface area contributed by atoms with Crippen LogP contribution in [-0.2, 0) is 16.0 Å². The van der Waals surface area contributed by atoms with Crippen LogP contribution in [0, 0.1) is 5.92 Å². The highest BCUT2D eigenvalue weighted by atomic mass is 16.6. The van der Waals surface area contributed by atoms with E-state index in [-0.39, 0.29) is 11.8 Å². The van der Waals surface area contributed by atoms with Gasteiger partial charge in [-0.2, -0.15) is 0 Å². The highest BCUT2D eigenvalue weighted by Gasteiger charge is 2.33. The van der Waals surface area contributed by atoms with Crippen LogP contribution in [0.5, 0.6) is 0 Å². The van der Waals surface area contributed by atoms with E-state index in [1.807, 2.05) is 38.1 Å². The quantitative estimate of drug-likeness (QED) is 0.931. The number of carbonyl (C=O) groups excluding carboxylic acids is 2. The second-order valence-corrected chi connectivity index (χ2v) is 7.24. The number of anilines is 1. The molecule has 0 saturated carbocycles.